The van der Waals surface area contributed by atoms with Gasteiger partial charge in [-0.15, -0.1) is 0 Å². The Morgan fingerprint density at radius 3 is 2.14 bits per heavy atom. The van der Waals surface area contributed by atoms with Crippen LogP contribution in [0.15, 0.2) is 77.6 Å². The molecule has 0 aliphatic rings. The van der Waals surface area contributed by atoms with E-state index < -0.39 is 0 Å². The van der Waals surface area contributed by atoms with E-state index in [1.54, 1.807) is 6.07 Å². The van der Waals surface area contributed by atoms with E-state index in [0.717, 1.165) is 16.5 Å². The molecular weight excluding hydrogens is 258 g/mol. The van der Waals surface area contributed by atoms with Crippen molar-refractivity contribution in [2.45, 2.75) is 0 Å². The van der Waals surface area contributed by atoms with E-state index in [4.69, 9.17) is 0 Å². The predicted octanol–water partition coefficient (Wildman–Crippen LogP) is 4.35. The fourth-order valence-electron chi connectivity index (χ4n) is 2.70. The summed E-state index contributed by atoms with van der Waals surface area (Å²) in [6.45, 7) is 0. The van der Waals surface area contributed by atoms with Crippen molar-refractivity contribution < 1.29 is 0 Å². The number of hydrogen-bond donors (Lipinski definition) is 1. The third kappa shape index (κ3) is 2.11. The van der Waals surface area contributed by atoms with Crippen molar-refractivity contribution in [1.82, 2.24) is 4.98 Å². The molecule has 0 bridgehead atoms. The second-order valence-electron chi connectivity index (χ2n) is 5.19. The normalized spacial score (nSPS) is 11.0. The molecular formula is C19H13NO. The first-order chi connectivity index (χ1) is 10.3. The van der Waals surface area contributed by atoms with Gasteiger partial charge in [-0.3, -0.25) is 4.79 Å². The molecule has 0 spiro atoms. The smallest absolute Gasteiger partial charge is 0.248 e. The van der Waals surface area contributed by atoms with Crippen LogP contribution in [-0.2, 0) is 0 Å². The van der Waals surface area contributed by atoms with Gasteiger partial charge in [0, 0.05) is 11.6 Å². The molecule has 1 N–H and O–H groups in total. The number of rotatable bonds is 1. The van der Waals surface area contributed by atoms with Crippen molar-refractivity contribution in [3.05, 3.63) is 83.2 Å². The number of nitrogens with one attached hydrogen (secondary N) is 1. The van der Waals surface area contributed by atoms with Crippen molar-refractivity contribution in [3.63, 3.8) is 0 Å². The van der Waals surface area contributed by atoms with Gasteiger partial charge < -0.3 is 4.98 Å². The summed E-state index contributed by atoms with van der Waals surface area (Å²) >= 11 is 0. The van der Waals surface area contributed by atoms with Gasteiger partial charge in [-0.05, 0) is 51.6 Å². The highest BCUT2D eigenvalue weighted by atomic mass is 16.1. The monoisotopic (exact) mass is 271 g/mol. The molecule has 2 heteroatoms. The molecule has 0 fully saturated rings. The SMILES string of the molecule is O=c1ccc2cc(-c3ccc4ccccc4c3)ccc2[nH]1. The summed E-state index contributed by atoms with van der Waals surface area (Å²) in [6.07, 6.45) is 0. The summed E-state index contributed by atoms with van der Waals surface area (Å²) in [5.41, 5.74) is 3.13. The van der Waals surface area contributed by atoms with E-state index in [0.29, 0.717) is 0 Å². The van der Waals surface area contributed by atoms with Crippen molar-refractivity contribution in [2.24, 2.45) is 0 Å². The average Bonchev–Trinajstić information content (AvgIpc) is 2.54. The number of fused-ring (bicyclic) bond motifs is 2. The highest BCUT2D eigenvalue weighted by molar-refractivity contribution is 5.90. The number of aromatic nitrogens is 1. The van der Waals surface area contributed by atoms with E-state index in [-0.39, 0.29) is 5.56 Å². The van der Waals surface area contributed by atoms with Crippen LogP contribution in [0.4, 0.5) is 0 Å². The van der Waals surface area contributed by atoms with Crippen molar-refractivity contribution in [2.75, 3.05) is 0 Å². The highest BCUT2D eigenvalue weighted by Crippen LogP contribution is 2.26. The van der Waals surface area contributed by atoms with E-state index in [9.17, 15) is 4.79 Å². The minimum atomic E-state index is -0.0686. The maximum atomic E-state index is 11.3. The lowest BCUT2D eigenvalue weighted by molar-refractivity contribution is 1.31. The number of aromatic amines is 1. The number of H-pyrrole nitrogens is 1. The van der Waals surface area contributed by atoms with Crippen LogP contribution in [0.2, 0.25) is 0 Å². The minimum absolute atomic E-state index is 0.0686. The zero-order valence-electron chi connectivity index (χ0n) is 11.3. The Hall–Kier alpha value is -2.87. The van der Waals surface area contributed by atoms with Crippen molar-refractivity contribution >= 4 is 21.7 Å². The summed E-state index contributed by atoms with van der Waals surface area (Å²) in [6, 6.07) is 24.3. The highest BCUT2D eigenvalue weighted by Gasteiger charge is 2.02. The minimum Gasteiger partial charge on any atom is -0.322 e. The molecule has 21 heavy (non-hydrogen) atoms. The van der Waals surface area contributed by atoms with Crippen LogP contribution in [-0.4, -0.2) is 4.98 Å². The Morgan fingerprint density at radius 2 is 1.29 bits per heavy atom. The van der Waals surface area contributed by atoms with Crippen LogP contribution in [0.1, 0.15) is 0 Å². The molecule has 3 aromatic carbocycles. The lowest BCUT2D eigenvalue weighted by Gasteiger charge is -2.06. The van der Waals surface area contributed by atoms with Gasteiger partial charge >= 0.3 is 0 Å². The second kappa shape index (κ2) is 4.60. The molecule has 0 radical (unpaired) electrons. The third-order valence-electron chi connectivity index (χ3n) is 3.81. The van der Waals surface area contributed by atoms with Crippen LogP contribution in [0.5, 0.6) is 0 Å². The zero-order valence-corrected chi connectivity index (χ0v) is 11.3. The van der Waals surface area contributed by atoms with Crippen molar-refractivity contribution in [1.29, 1.82) is 0 Å². The van der Waals surface area contributed by atoms with Crippen LogP contribution < -0.4 is 5.56 Å². The maximum Gasteiger partial charge on any atom is 0.248 e. The number of benzene rings is 3. The van der Waals surface area contributed by atoms with E-state index >= 15 is 0 Å². The molecule has 0 aliphatic carbocycles. The standard InChI is InChI=1S/C19H13NO/c21-19-10-8-17-12-16(7-9-18(17)20-19)15-6-5-13-3-1-2-4-14(13)11-15/h1-12H,(H,20,21). The molecule has 0 amide bonds. The lowest BCUT2D eigenvalue weighted by Crippen LogP contribution is -2.01. The van der Waals surface area contributed by atoms with Crippen LogP contribution in [0, 0.1) is 0 Å². The summed E-state index contributed by atoms with van der Waals surface area (Å²) in [7, 11) is 0. The number of pyridine rings is 1. The molecule has 2 nitrogen and oxygen atoms in total. The molecule has 0 unspecified atom stereocenters. The quantitative estimate of drug-likeness (QED) is 0.548. The van der Waals surface area contributed by atoms with Gasteiger partial charge in [-0.25, -0.2) is 0 Å². The molecule has 4 aromatic rings. The van der Waals surface area contributed by atoms with Crippen LogP contribution in [0.25, 0.3) is 32.8 Å². The van der Waals surface area contributed by atoms with Crippen LogP contribution in [0.3, 0.4) is 0 Å². The Labute approximate surface area is 121 Å². The summed E-state index contributed by atoms with van der Waals surface area (Å²) in [5, 5.41) is 3.52. The molecule has 0 aliphatic heterocycles. The second-order valence-corrected chi connectivity index (χ2v) is 5.19. The van der Waals surface area contributed by atoms with Gasteiger partial charge in [-0.1, -0.05) is 42.5 Å². The van der Waals surface area contributed by atoms with Gasteiger partial charge in [0.25, 0.3) is 0 Å². The summed E-state index contributed by atoms with van der Waals surface area (Å²) in [5.74, 6) is 0. The molecule has 100 valence electrons. The lowest BCUT2D eigenvalue weighted by atomic mass is 10.00. The Balaban J connectivity index is 1.91. The van der Waals surface area contributed by atoms with E-state index in [2.05, 4.69) is 47.4 Å². The molecule has 0 atom stereocenters. The zero-order chi connectivity index (χ0) is 14.2. The Bertz CT molecular complexity index is 1010. The topological polar surface area (TPSA) is 32.9 Å². The van der Waals surface area contributed by atoms with Crippen molar-refractivity contribution in [3.8, 4) is 11.1 Å². The number of hydrogen-bond acceptors (Lipinski definition) is 1. The first-order valence-corrected chi connectivity index (χ1v) is 6.92. The van der Waals surface area contributed by atoms with Gasteiger partial charge in [0.15, 0.2) is 0 Å². The maximum absolute atomic E-state index is 11.3. The fourth-order valence-corrected chi connectivity index (χ4v) is 2.70. The first kappa shape index (κ1) is 11.9. The molecule has 0 saturated carbocycles. The Kier molecular flexibility index (Phi) is 2.61. The fraction of sp³-hybridized carbons (Fsp3) is 0. The van der Waals surface area contributed by atoms with Gasteiger partial charge in [0.05, 0.1) is 0 Å². The molecule has 1 heterocycles. The van der Waals surface area contributed by atoms with Gasteiger partial charge in [0.1, 0.15) is 0 Å². The average molecular weight is 271 g/mol. The molecule has 1 aromatic heterocycles. The van der Waals surface area contributed by atoms with E-state index in [1.165, 1.54) is 16.3 Å². The summed E-state index contributed by atoms with van der Waals surface area (Å²) in [4.78, 5) is 14.2. The van der Waals surface area contributed by atoms with Gasteiger partial charge in [-0.2, -0.15) is 0 Å². The molecule has 4 rings (SSSR count). The Morgan fingerprint density at radius 1 is 0.619 bits per heavy atom. The largest absolute Gasteiger partial charge is 0.322 e. The third-order valence-corrected chi connectivity index (χ3v) is 3.81. The summed E-state index contributed by atoms with van der Waals surface area (Å²) < 4.78 is 0. The first-order valence-electron chi connectivity index (χ1n) is 6.92. The van der Waals surface area contributed by atoms with E-state index in [1.807, 2.05) is 24.3 Å². The molecule has 0 saturated heterocycles. The van der Waals surface area contributed by atoms with Crippen LogP contribution >= 0.6 is 0 Å². The predicted molar refractivity (Wildman–Crippen MR) is 87.5 cm³/mol. The van der Waals surface area contributed by atoms with Gasteiger partial charge in [0.2, 0.25) is 5.56 Å².